The summed E-state index contributed by atoms with van der Waals surface area (Å²) in [5.41, 5.74) is 1.17. The number of methoxy groups -OCH3 is 1. The van der Waals surface area contributed by atoms with Gasteiger partial charge in [-0.1, -0.05) is 26.0 Å². The fourth-order valence-corrected chi connectivity index (χ4v) is 3.20. The molecular formula is C19H30N2O3. The second kappa shape index (κ2) is 9.64. The fourth-order valence-electron chi connectivity index (χ4n) is 3.20. The Bertz CT molecular complexity index is 511. The highest BCUT2D eigenvalue weighted by Crippen LogP contribution is 2.25. The fraction of sp³-hybridized carbons (Fsp3) is 0.632. The van der Waals surface area contributed by atoms with Crippen LogP contribution in [0.3, 0.4) is 0 Å². The number of hydrogen-bond donors (Lipinski definition) is 1. The van der Waals surface area contributed by atoms with Crippen LogP contribution in [0.5, 0.6) is 5.75 Å². The summed E-state index contributed by atoms with van der Waals surface area (Å²) in [6.07, 6.45) is 1.76. The van der Waals surface area contributed by atoms with Gasteiger partial charge in [0.15, 0.2) is 0 Å². The molecule has 1 atom stereocenters. The number of ether oxygens (including phenoxy) is 2. The van der Waals surface area contributed by atoms with Crippen LogP contribution in [0, 0.1) is 5.92 Å². The van der Waals surface area contributed by atoms with E-state index in [0.717, 1.165) is 44.9 Å². The van der Waals surface area contributed by atoms with Gasteiger partial charge in [-0.05, 0) is 30.5 Å². The average molecular weight is 334 g/mol. The third-order valence-electron chi connectivity index (χ3n) is 4.79. The molecule has 2 rings (SSSR count). The molecule has 0 aromatic heterocycles. The minimum atomic E-state index is 0.0978. The van der Waals surface area contributed by atoms with Crippen LogP contribution in [0.4, 0.5) is 0 Å². The normalized spacial score (nSPS) is 16.8. The molecule has 1 heterocycles. The van der Waals surface area contributed by atoms with Crippen molar-refractivity contribution in [2.24, 2.45) is 5.92 Å². The van der Waals surface area contributed by atoms with E-state index >= 15 is 0 Å². The van der Waals surface area contributed by atoms with Gasteiger partial charge in [-0.3, -0.25) is 9.69 Å². The van der Waals surface area contributed by atoms with Crippen LogP contribution >= 0.6 is 0 Å². The monoisotopic (exact) mass is 334 g/mol. The number of hydrogen-bond acceptors (Lipinski definition) is 4. The topological polar surface area (TPSA) is 50.8 Å². The summed E-state index contributed by atoms with van der Waals surface area (Å²) in [6, 6.07) is 8.25. The molecule has 5 heteroatoms. The van der Waals surface area contributed by atoms with Crippen molar-refractivity contribution >= 4 is 5.91 Å². The van der Waals surface area contributed by atoms with E-state index in [0.29, 0.717) is 6.54 Å². The first-order valence-electron chi connectivity index (χ1n) is 8.93. The molecule has 1 N–H and O–H groups in total. The summed E-state index contributed by atoms with van der Waals surface area (Å²) < 4.78 is 10.8. The van der Waals surface area contributed by atoms with Crippen LogP contribution in [0.25, 0.3) is 0 Å². The molecule has 5 nitrogen and oxygen atoms in total. The van der Waals surface area contributed by atoms with E-state index in [1.807, 2.05) is 12.1 Å². The van der Waals surface area contributed by atoms with E-state index in [1.54, 1.807) is 7.11 Å². The molecule has 1 aliphatic heterocycles. The van der Waals surface area contributed by atoms with Gasteiger partial charge in [0.2, 0.25) is 5.91 Å². The van der Waals surface area contributed by atoms with Crippen molar-refractivity contribution in [1.82, 2.24) is 10.2 Å². The first-order chi connectivity index (χ1) is 11.7. The minimum absolute atomic E-state index is 0.0978. The van der Waals surface area contributed by atoms with Crippen LogP contribution < -0.4 is 10.1 Å². The molecule has 0 aliphatic carbocycles. The van der Waals surface area contributed by atoms with E-state index in [-0.39, 0.29) is 17.9 Å². The number of amides is 1. The molecule has 0 spiro atoms. The van der Waals surface area contributed by atoms with Gasteiger partial charge in [0, 0.05) is 25.6 Å². The third kappa shape index (κ3) is 4.95. The number of carbonyl (C=O) groups excluding carboxylic acids is 1. The first kappa shape index (κ1) is 18.7. The molecule has 1 aromatic rings. The SMILES string of the molecule is CCC(CC)C(=O)NCC(c1cccc(OC)c1)N1CCOCC1. The molecule has 1 fully saturated rings. The van der Waals surface area contributed by atoms with Gasteiger partial charge in [-0.25, -0.2) is 0 Å². The van der Waals surface area contributed by atoms with Crippen molar-refractivity contribution in [2.75, 3.05) is 40.0 Å². The highest BCUT2D eigenvalue weighted by Gasteiger charge is 2.24. The summed E-state index contributed by atoms with van der Waals surface area (Å²) in [5, 5.41) is 3.16. The Morgan fingerprint density at radius 1 is 1.29 bits per heavy atom. The van der Waals surface area contributed by atoms with Crippen molar-refractivity contribution in [1.29, 1.82) is 0 Å². The first-order valence-corrected chi connectivity index (χ1v) is 8.93. The maximum Gasteiger partial charge on any atom is 0.223 e. The molecule has 1 unspecified atom stereocenters. The number of benzene rings is 1. The molecule has 1 amide bonds. The zero-order chi connectivity index (χ0) is 17.4. The maximum absolute atomic E-state index is 12.4. The predicted octanol–water partition coefficient (Wildman–Crippen LogP) is 2.62. The van der Waals surface area contributed by atoms with Gasteiger partial charge in [-0.2, -0.15) is 0 Å². The zero-order valence-electron chi connectivity index (χ0n) is 15.1. The number of carbonyl (C=O) groups is 1. The Labute approximate surface area is 145 Å². The Kier molecular flexibility index (Phi) is 7.53. The van der Waals surface area contributed by atoms with Crippen LogP contribution in [0.15, 0.2) is 24.3 Å². The largest absolute Gasteiger partial charge is 0.497 e. The van der Waals surface area contributed by atoms with E-state index in [9.17, 15) is 4.79 Å². The van der Waals surface area contributed by atoms with Crippen molar-refractivity contribution in [3.05, 3.63) is 29.8 Å². The standard InChI is InChI=1S/C19H30N2O3/c1-4-15(5-2)19(22)20-14-18(21-9-11-24-12-10-21)16-7-6-8-17(13-16)23-3/h6-8,13,15,18H,4-5,9-12,14H2,1-3H3,(H,20,22). The quantitative estimate of drug-likeness (QED) is 0.794. The van der Waals surface area contributed by atoms with Crippen LogP contribution in [-0.4, -0.2) is 50.8 Å². The summed E-state index contributed by atoms with van der Waals surface area (Å²) in [7, 11) is 1.68. The van der Waals surface area contributed by atoms with Crippen molar-refractivity contribution < 1.29 is 14.3 Å². The molecule has 1 saturated heterocycles. The average Bonchev–Trinajstić information content (AvgIpc) is 2.64. The van der Waals surface area contributed by atoms with Crippen LogP contribution in [-0.2, 0) is 9.53 Å². The van der Waals surface area contributed by atoms with E-state index in [2.05, 4.69) is 36.2 Å². The Balaban J connectivity index is 2.11. The predicted molar refractivity (Wildman–Crippen MR) is 95.2 cm³/mol. The van der Waals surface area contributed by atoms with E-state index < -0.39 is 0 Å². The van der Waals surface area contributed by atoms with Crippen molar-refractivity contribution in [3.63, 3.8) is 0 Å². The lowest BCUT2D eigenvalue weighted by molar-refractivity contribution is -0.125. The van der Waals surface area contributed by atoms with Crippen LogP contribution in [0.2, 0.25) is 0 Å². The number of nitrogens with zero attached hydrogens (tertiary/aromatic N) is 1. The van der Waals surface area contributed by atoms with Gasteiger partial charge >= 0.3 is 0 Å². The molecule has 1 aromatic carbocycles. The second-order valence-corrected chi connectivity index (χ2v) is 6.20. The Hall–Kier alpha value is -1.59. The summed E-state index contributed by atoms with van der Waals surface area (Å²) >= 11 is 0. The molecule has 24 heavy (non-hydrogen) atoms. The second-order valence-electron chi connectivity index (χ2n) is 6.20. The van der Waals surface area contributed by atoms with Crippen molar-refractivity contribution in [3.8, 4) is 5.75 Å². The molecule has 0 radical (unpaired) electrons. The highest BCUT2D eigenvalue weighted by atomic mass is 16.5. The third-order valence-corrected chi connectivity index (χ3v) is 4.79. The maximum atomic E-state index is 12.4. The lowest BCUT2D eigenvalue weighted by Gasteiger charge is -2.35. The van der Waals surface area contributed by atoms with Crippen molar-refractivity contribution in [2.45, 2.75) is 32.7 Å². The molecule has 0 bridgehead atoms. The molecule has 0 saturated carbocycles. The highest BCUT2D eigenvalue weighted by molar-refractivity contribution is 5.78. The number of nitrogens with one attached hydrogen (secondary N) is 1. The van der Waals surface area contributed by atoms with E-state index in [1.165, 1.54) is 5.56 Å². The van der Waals surface area contributed by atoms with E-state index in [4.69, 9.17) is 9.47 Å². The van der Waals surface area contributed by atoms with Gasteiger partial charge in [-0.15, -0.1) is 0 Å². The molecule has 1 aliphatic rings. The lowest BCUT2D eigenvalue weighted by Crippen LogP contribution is -2.44. The lowest BCUT2D eigenvalue weighted by atomic mass is 10.0. The zero-order valence-corrected chi connectivity index (χ0v) is 15.1. The molecule has 134 valence electrons. The summed E-state index contributed by atoms with van der Waals surface area (Å²) in [6.45, 7) is 7.97. The summed E-state index contributed by atoms with van der Waals surface area (Å²) in [5.74, 6) is 1.10. The molecular weight excluding hydrogens is 304 g/mol. The number of rotatable bonds is 8. The summed E-state index contributed by atoms with van der Waals surface area (Å²) in [4.78, 5) is 14.7. The van der Waals surface area contributed by atoms with Gasteiger partial charge in [0.1, 0.15) is 5.75 Å². The van der Waals surface area contributed by atoms with Gasteiger partial charge < -0.3 is 14.8 Å². The number of morpholine rings is 1. The van der Waals surface area contributed by atoms with Gasteiger partial charge in [0.05, 0.1) is 26.4 Å². The smallest absolute Gasteiger partial charge is 0.223 e. The van der Waals surface area contributed by atoms with Gasteiger partial charge in [0.25, 0.3) is 0 Å². The minimum Gasteiger partial charge on any atom is -0.497 e. The Morgan fingerprint density at radius 3 is 2.62 bits per heavy atom. The van der Waals surface area contributed by atoms with Crippen LogP contribution in [0.1, 0.15) is 38.3 Å². The Morgan fingerprint density at radius 2 is 2.00 bits per heavy atom.